The monoisotopic (exact) mass is 518 g/mol. The van der Waals surface area contributed by atoms with Crippen molar-refractivity contribution in [2.45, 2.75) is 69.8 Å². The van der Waals surface area contributed by atoms with Crippen molar-refractivity contribution >= 4 is 17.5 Å². The van der Waals surface area contributed by atoms with E-state index < -0.39 is 6.10 Å². The summed E-state index contributed by atoms with van der Waals surface area (Å²) >= 11 is 0. The predicted octanol–water partition coefficient (Wildman–Crippen LogP) is 2.89. The van der Waals surface area contributed by atoms with Gasteiger partial charge < -0.3 is 25.0 Å². The number of aliphatic hydroxyl groups excluding tert-OH is 1. The van der Waals surface area contributed by atoms with Gasteiger partial charge in [-0.15, -0.1) is 0 Å². The fourth-order valence-corrected chi connectivity index (χ4v) is 6.99. The third kappa shape index (κ3) is 5.12. The second-order valence-corrected chi connectivity index (χ2v) is 11.3. The van der Waals surface area contributed by atoms with Crippen LogP contribution in [0.3, 0.4) is 0 Å². The molecule has 3 atom stereocenters. The lowest BCUT2D eigenvalue weighted by Gasteiger charge is -2.39. The van der Waals surface area contributed by atoms with Crippen LogP contribution in [0.2, 0.25) is 0 Å². The molecule has 4 aliphatic heterocycles. The number of benzene rings is 2. The van der Waals surface area contributed by atoms with Gasteiger partial charge in [0.05, 0.1) is 18.2 Å². The van der Waals surface area contributed by atoms with E-state index in [1.165, 1.54) is 11.1 Å². The highest BCUT2D eigenvalue weighted by Crippen LogP contribution is 2.37. The summed E-state index contributed by atoms with van der Waals surface area (Å²) in [6.45, 7) is 5.08. The quantitative estimate of drug-likeness (QED) is 0.612. The number of carbonyl (C=O) groups excluding carboxylic acids is 2. The van der Waals surface area contributed by atoms with E-state index >= 15 is 0 Å². The Morgan fingerprint density at radius 2 is 1.84 bits per heavy atom. The maximum absolute atomic E-state index is 13.6. The van der Waals surface area contributed by atoms with Crippen LogP contribution in [0.25, 0.3) is 0 Å². The Labute approximate surface area is 224 Å². The lowest BCUT2D eigenvalue weighted by Crippen LogP contribution is -2.48. The molecule has 8 heteroatoms. The minimum absolute atomic E-state index is 0.101. The topological polar surface area (TPSA) is 85.4 Å². The molecule has 3 unspecified atom stereocenters. The third-order valence-corrected chi connectivity index (χ3v) is 8.69. The third-order valence-electron chi connectivity index (χ3n) is 8.69. The first-order valence-electron chi connectivity index (χ1n) is 14.0. The normalized spacial score (nSPS) is 25.7. The van der Waals surface area contributed by atoms with E-state index in [4.69, 9.17) is 4.74 Å². The molecule has 0 saturated carbocycles. The molecular weight excluding hydrogens is 480 g/mol. The van der Waals surface area contributed by atoms with Crippen LogP contribution in [-0.2, 0) is 17.8 Å². The van der Waals surface area contributed by atoms with Gasteiger partial charge in [-0.05, 0) is 61.4 Å². The smallest absolute Gasteiger partial charge is 0.257 e. The van der Waals surface area contributed by atoms with Crippen LogP contribution < -0.4 is 10.1 Å². The van der Waals surface area contributed by atoms with Crippen molar-refractivity contribution in [3.63, 3.8) is 0 Å². The first-order valence-corrected chi connectivity index (χ1v) is 14.0. The number of nitrogens with one attached hydrogen (secondary N) is 1. The first-order chi connectivity index (χ1) is 18.4. The zero-order chi connectivity index (χ0) is 26.2. The molecule has 8 nitrogen and oxygen atoms in total. The summed E-state index contributed by atoms with van der Waals surface area (Å²) in [4.78, 5) is 31.7. The van der Waals surface area contributed by atoms with E-state index in [9.17, 15) is 14.7 Å². The van der Waals surface area contributed by atoms with Gasteiger partial charge in [0.25, 0.3) is 5.91 Å². The Hall–Kier alpha value is -3.10. The van der Waals surface area contributed by atoms with Crippen molar-refractivity contribution < 1.29 is 19.4 Å². The zero-order valence-electron chi connectivity index (χ0n) is 22.1. The predicted molar refractivity (Wildman–Crippen MR) is 145 cm³/mol. The zero-order valence-corrected chi connectivity index (χ0v) is 22.1. The standard InChI is InChI=1S/C30H38N4O4/c1-20(35)34-25-7-8-26(34)15-24(14-25)31-23-6-9-29-28(16-23)30(37)33(12-13-38-29)19-27(36)18-32-11-10-21-4-2-3-5-22(21)17-32/h2-6,9,16,24-27,31,36H,7-8,10-15,17-19H2,1H3. The molecule has 0 aliphatic carbocycles. The summed E-state index contributed by atoms with van der Waals surface area (Å²) in [5.74, 6) is 0.670. The molecule has 0 radical (unpaired) electrons. The lowest BCUT2D eigenvalue weighted by atomic mass is 9.96. The van der Waals surface area contributed by atoms with E-state index in [0.29, 0.717) is 43.1 Å². The second kappa shape index (κ2) is 10.6. The van der Waals surface area contributed by atoms with Gasteiger partial charge in [0, 0.05) is 56.9 Å². The second-order valence-electron chi connectivity index (χ2n) is 11.3. The number of amides is 2. The van der Waals surface area contributed by atoms with Crippen LogP contribution in [0, 0.1) is 0 Å². The maximum Gasteiger partial charge on any atom is 0.257 e. The van der Waals surface area contributed by atoms with Crippen molar-refractivity contribution in [1.82, 2.24) is 14.7 Å². The number of anilines is 1. The summed E-state index contributed by atoms with van der Waals surface area (Å²) in [7, 11) is 0. The number of hydrogen-bond donors (Lipinski definition) is 2. The number of rotatable bonds is 6. The number of β-amino-alcohol motifs (C(OH)–C–C–N with tert-alkyl or cyclic N) is 1. The van der Waals surface area contributed by atoms with Gasteiger partial charge in [-0.25, -0.2) is 0 Å². The molecule has 2 aromatic carbocycles. The Kier molecular flexibility index (Phi) is 7.01. The Morgan fingerprint density at radius 1 is 1.08 bits per heavy atom. The van der Waals surface area contributed by atoms with Crippen molar-refractivity contribution in [3.8, 4) is 5.75 Å². The molecule has 2 bridgehead atoms. The van der Waals surface area contributed by atoms with Gasteiger partial charge >= 0.3 is 0 Å². The maximum atomic E-state index is 13.6. The van der Waals surface area contributed by atoms with Crippen molar-refractivity contribution in [2.24, 2.45) is 0 Å². The molecule has 0 spiro atoms. The van der Waals surface area contributed by atoms with Gasteiger partial charge in [0.2, 0.25) is 5.91 Å². The molecule has 4 aliphatic rings. The van der Waals surface area contributed by atoms with Gasteiger partial charge in [0.1, 0.15) is 12.4 Å². The molecule has 2 fully saturated rings. The Morgan fingerprint density at radius 3 is 2.61 bits per heavy atom. The van der Waals surface area contributed by atoms with Crippen LogP contribution >= 0.6 is 0 Å². The average molecular weight is 519 g/mol. The van der Waals surface area contributed by atoms with E-state index in [2.05, 4.69) is 39.4 Å². The van der Waals surface area contributed by atoms with Crippen LogP contribution in [0.4, 0.5) is 5.69 Å². The molecule has 6 rings (SSSR count). The van der Waals surface area contributed by atoms with Gasteiger partial charge in [-0.1, -0.05) is 24.3 Å². The molecular formula is C30H38N4O4. The number of hydrogen-bond acceptors (Lipinski definition) is 6. The summed E-state index contributed by atoms with van der Waals surface area (Å²) < 4.78 is 5.92. The highest BCUT2D eigenvalue weighted by atomic mass is 16.5. The van der Waals surface area contributed by atoms with E-state index in [-0.39, 0.29) is 24.4 Å². The number of piperidine rings is 1. The number of ether oxygens (including phenoxy) is 1. The van der Waals surface area contributed by atoms with Gasteiger partial charge in [-0.2, -0.15) is 0 Å². The average Bonchev–Trinajstić information content (AvgIpc) is 3.09. The summed E-state index contributed by atoms with van der Waals surface area (Å²) in [5.41, 5.74) is 4.14. The molecule has 4 heterocycles. The van der Waals surface area contributed by atoms with Crippen molar-refractivity contribution in [1.29, 1.82) is 0 Å². The largest absolute Gasteiger partial charge is 0.491 e. The fraction of sp³-hybridized carbons (Fsp3) is 0.533. The van der Waals surface area contributed by atoms with Crippen molar-refractivity contribution in [2.75, 3.05) is 38.1 Å². The molecule has 2 amide bonds. The molecule has 2 aromatic rings. The molecule has 2 N–H and O–H groups in total. The van der Waals surface area contributed by atoms with Gasteiger partial charge in [0.15, 0.2) is 0 Å². The SMILES string of the molecule is CC(=O)N1C2CCC1CC(Nc1ccc3c(c1)C(=O)N(CC(O)CN1CCc4ccccc4C1)CCO3)C2. The fourth-order valence-electron chi connectivity index (χ4n) is 6.99. The highest BCUT2D eigenvalue weighted by Gasteiger charge is 2.42. The van der Waals surface area contributed by atoms with E-state index in [1.54, 1.807) is 11.8 Å². The molecule has 38 heavy (non-hydrogen) atoms. The van der Waals surface area contributed by atoms with Crippen LogP contribution in [0.1, 0.15) is 54.1 Å². The minimum atomic E-state index is -0.631. The number of nitrogens with zero attached hydrogens (tertiary/aromatic N) is 3. The summed E-state index contributed by atoms with van der Waals surface area (Å²) in [6, 6.07) is 15.1. The summed E-state index contributed by atoms with van der Waals surface area (Å²) in [5, 5.41) is 14.6. The number of aliphatic hydroxyl groups is 1. The van der Waals surface area contributed by atoms with Gasteiger partial charge in [-0.3, -0.25) is 14.5 Å². The highest BCUT2D eigenvalue weighted by molar-refractivity contribution is 5.98. The van der Waals surface area contributed by atoms with E-state index in [0.717, 1.165) is 50.9 Å². The Bertz CT molecular complexity index is 1190. The number of fused-ring (bicyclic) bond motifs is 4. The molecule has 202 valence electrons. The van der Waals surface area contributed by atoms with Crippen LogP contribution in [0.15, 0.2) is 42.5 Å². The van der Waals surface area contributed by atoms with Crippen LogP contribution in [0.5, 0.6) is 5.75 Å². The first kappa shape index (κ1) is 25.2. The van der Waals surface area contributed by atoms with Crippen LogP contribution in [-0.4, -0.2) is 88.6 Å². The van der Waals surface area contributed by atoms with E-state index in [1.807, 2.05) is 18.2 Å². The number of carbonyl (C=O) groups is 2. The summed E-state index contributed by atoms with van der Waals surface area (Å²) in [6.07, 6.45) is 4.35. The lowest BCUT2D eigenvalue weighted by molar-refractivity contribution is -0.133. The van der Waals surface area contributed by atoms with Crippen molar-refractivity contribution in [3.05, 3.63) is 59.2 Å². The minimum Gasteiger partial charge on any atom is -0.491 e. The Balaban J connectivity index is 1.09. The molecule has 2 saturated heterocycles. The molecule has 0 aromatic heterocycles.